The molecule has 1 atom stereocenters. The van der Waals surface area contributed by atoms with E-state index in [9.17, 15) is 9.18 Å². The third-order valence-corrected chi connectivity index (χ3v) is 3.16. The molecule has 0 aromatic heterocycles. The molecule has 6 heteroatoms. The van der Waals surface area contributed by atoms with Crippen LogP contribution in [0.2, 0.25) is 0 Å². The summed E-state index contributed by atoms with van der Waals surface area (Å²) in [5.74, 6) is -0.411. The Morgan fingerprint density at radius 3 is 2.09 bits per heavy atom. The van der Waals surface area contributed by atoms with Gasteiger partial charge in [0.15, 0.2) is 5.84 Å². The van der Waals surface area contributed by atoms with Gasteiger partial charge in [-0.15, -0.1) is 0 Å². The molecular formula is C16H24FN3O2. The first-order valence-corrected chi connectivity index (χ1v) is 7.31. The monoisotopic (exact) mass is 309 g/mol. The normalized spacial score (nSPS) is 13.4. The first-order valence-electron chi connectivity index (χ1n) is 7.31. The number of carbonyl (C=O) groups excluding carboxylic acids is 1. The second kappa shape index (κ2) is 7.77. The second-order valence-electron chi connectivity index (χ2n) is 5.66. The SMILES string of the molecule is CC(O/N=C(/N)c1ccc(F)cc1)C(=O)N(C(C)C)C(C)C. The molecule has 0 aliphatic carbocycles. The highest BCUT2D eigenvalue weighted by molar-refractivity contribution is 5.97. The standard InChI is InChI=1S/C16H24FN3O2/c1-10(2)20(11(3)4)16(21)12(5)22-19-15(18)13-6-8-14(17)9-7-13/h6-12H,1-5H3,(H2,18,19). The van der Waals surface area contributed by atoms with Crippen LogP contribution in [0.25, 0.3) is 0 Å². The Morgan fingerprint density at radius 1 is 1.14 bits per heavy atom. The maximum atomic E-state index is 12.8. The van der Waals surface area contributed by atoms with E-state index in [4.69, 9.17) is 10.6 Å². The van der Waals surface area contributed by atoms with Gasteiger partial charge in [0.25, 0.3) is 5.91 Å². The predicted octanol–water partition coefficient (Wildman–Crippen LogP) is 2.50. The van der Waals surface area contributed by atoms with Crippen molar-refractivity contribution in [2.24, 2.45) is 10.9 Å². The number of benzene rings is 1. The molecule has 1 aromatic rings. The highest BCUT2D eigenvalue weighted by atomic mass is 19.1. The highest BCUT2D eigenvalue weighted by Gasteiger charge is 2.26. The van der Waals surface area contributed by atoms with Crippen LogP contribution in [0.3, 0.4) is 0 Å². The molecule has 122 valence electrons. The van der Waals surface area contributed by atoms with Crippen molar-refractivity contribution in [3.8, 4) is 0 Å². The summed E-state index contributed by atoms with van der Waals surface area (Å²) < 4.78 is 12.8. The van der Waals surface area contributed by atoms with Crippen molar-refractivity contribution in [1.82, 2.24) is 4.90 Å². The largest absolute Gasteiger partial charge is 0.381 e. The Bertz CT molecular complexity index is 519. The summed E-state index contributed by atoms with van der Waals surface area (Å²) in [7, 11) is 0. The Labute approximate surface area is 130 Å². The Kier molecular flexibility index (Phi) is 6.34. The average molecular weight is 309 g/mol. The highest BCUT2D eigenvalue weighted by Crippen LogP contribution is 2.10. The summed E-state index contributed by atoms with van der Waals surface area (Å²) in [5.41, 5.74) is 6.30. The zero-order valence-electron chi connectivity index (χ0n) is 13.7. The lowest BCUT2D eigenvalue weighted by Crippen LogP contribution is -2.46. The van der Waals surface area contributed by atoms with Crippen molar-refractivity contribution < 1.29 is 14.0 Å². The first-order chi connectivity index (χ1) is 10.2. The van der Waals surface area contributed by atoms with Crippen LogP contribution in [-0.4, -0.2) is 34.8 Å². The molecule has 0 radical (unpaired) electrons. The van der Waals surface area contributed by atoms with Crippen LogP contribution in [0.15, 0.2) is 29.4 Å². The molecule has 5 nitrogen and oxygen atoms in total. The lowest BCUT2D eigenvalue weighted by atomic mass is 10.2. The predicted molar refractivity (Wildman–Crippen MR) is 84.8 cm³/mol. The smallest absolute Gasteiger partial charge is 0.266 e. The van der Waals surface area contributed by atoms with Gasteiger partial charge in [-0.05, 0) is 58.9 Å². The lowest BCUT2D eigenvalue weighted by Gasteiger charge is -2.32. The zero-order valence-corrected chi connectivity index (χ0v) is 13.7. The fourth-order valence-corrected chi connectivity index (χ4v) is 2.17. The number of hydrogen-bond acceptors (Lipinski definition) is 3. The van der Waals surface area contributed by atoms with Gasteiger partial charge >= 0.3 is 0 Å². The summed E-state index contributed by atoms with van der Waals surface area (Å²) >= 11 is 0. The number of hydrogen-bond donors (Lipinski definition) is 1. The molecule has 0 spiro atoms. The van der Waals surface area contributed by atoms with Gasteiger partial charge in [0.2, 0.25) is 6.10 Å². The molecule has 0 saturated carbocycles. The molecule has 1 unspecified atom stereocenters. The third-order valence-electron chi connectivity index (χ3n) is 3.16. The van der Waals surface area contributed by atoms with Gasteiger partial charge in [-0.25, -0.2) is 4.39 Å². The number of carbonyl (C=O) groups is 1. The fourth-order valence-electron chi connectivity index (χ4n) is 2.17. The Balaban J connectivity index is 2.75. The molecule has 0 aliphatic rings. The average Bonchev–Trinajstić information content (AvgIpc) is 2.44. The van der Waals surface area contributed by atoms with Crippen LogP contribution in [0.4, 0.5) is 4.39 Å². The van der Waals surface area contributed by atoms with Crippen molar-refractivity contribution in [1.29, 1.82) is 0 Å². The summed E-state index contributed by atoms with van der Waals surface area (Å²) in [4.78, 5) is 19.3. The van der Waals surface area contributed by atoms with E-state index < -0.39 is 6.10 Å². The maximum absolute atomic E-state index is 12.8. The molecule has 1 amide bonds. The molecule has 0 heterocycles. The number of rotatable bonds is 6. The van der Waals surface area contributed by atoms with E-state index in [-0.39, 0.29) is 29.6 Å². The van der Waals surface area contributed by atoms with Crippen molar-refractivity contribution in [3.05, 3.63) is 35.6 Å². The minimum absolute atomic E-state index is 0.0666. The van der Waals surface area contributed by atoms with Crippen LogP contribution in [0.5, 0.6) is 0 Å². The van der Waals surface area contributed by atoms with E-state index in [2.05, 4.69) is 5.16 Å². The Morgan fingerprint density at radius 2 is 1.64 bits per heavy atom. The van der Waals surface area contributed by atoms with Crippen LogP contribution in [0.1, 0.15) is 40.2 Å². The molecule has 2 N–H and O–H groups in total. The van der Waals surface area contributed by atoms with Crippen molar-refractivity contribution in [2.75, 3.05) is 0 Å². The molecule has 0 aliphatic heterocycles. The minimum atomic E-state index is -0.746. The Hall–Kier alpha value is -2.11. The lowest BCUT2D eigenvalue weighted by molar-refractivity contribution is -0.146. The quantitative estimate of drug-likeness (QED) is 0.499. The molecule has 1 aromatic carbocycles. The number of halogens is 1. The number of nitrogens with zero attached hydrogens (tertiary/aromatic N) is 2. The van der Waals surface area contributed by atoms with Gasteiger partial charge in [0.1, 0.15) is 5.82 Å². The maximum Gasteiger partial charge on any atom is 0.266 e. The summed E-state index contributed by atoms with van der Waals surface area (Å²) in [6.07, 6.45) is -0.746. The minimum Gasteiger partial charge on any atom is -0.381 e. The van der Waals surface area contributed by atoms with Gasteiger partial charge in [0, 0.05) is 17.6 Å². The van der Waals surface area contributed by atoms with Gasteiger partial charge < -0.3 is 15.5 Å². The number of amides is 1. The summed E-state index contributed by atoms with van der Waals surface area (Å²) in [6.45, 7) is 9.41. The van der Waals surface area contributed by atoms with Crippen LogP contribution >= 0.6 is 0 Å². The van der Waals surface area contributed by atoms with Gasteiger partial charge in [-0.2, -0.15) is 0 Å². The van der Waals surface area contributed by atoms with E-state index in [1.807, 2.05) is 27.7 Å². The molecule has 1 rings (SSSR count). The van der Waals surface area contributed by atoms with Crippen molar-refractivity contribution in [2.45, 2.75) is 52.8 Å². The molecular weight excluding hydrogens is 285 g/mol. The fraction of sp³-hybridized carbons (Fsp3) is 0.500. The number of oxime groups is 1. The van der Waals surface area contributed by atoms with Gasteiger partial charge in [-0.1, -0.05) is 5.16 Å². The van der Waals surface area contributed by atoms with Crippen LogP contribution < -0.4 is 5.73 Å². The number of amidine groups is 1. The van der Waals surface area contributed by atoms with Crippen LogP contribution in [0, 0.1) is 5.82 Å². The van der Waals surface area contributed by atoms with Crippen molar-refractivity contribution >= 4 is 11.7 Å². The van der Waals surface area contributed by atoms with E-state index in [0.29, 0.717) is 5.56 Å². The molecule has 0 fully saturated rings. The molecule has 0 saturated heterocycles. The van der Waals surface area contributed by atoms with E-state index >= 15 is 0 Å². The molecule has 0 bridgehead atoms. The number of nitrogens with two attached hydrogens (primary N) is 1. The van der Waals surface area contributed by atoms with Crippen LogP contribution in [-0.2, 0) is 9.63 Å². The third kappa shape index (κ3) is 4.72. The first kappa shape index (κ1) is 17.9. The molecule has 22 heavy (non-hydrogen) atoms. The zero-order chi connectivity index (χ0) is 16.9. The van der Waals surface area contributed by atoms with E-state index in [1.165, 1.54) is 24.3 Å². The van der Waals surface area contributed by atoms with E-state index in [1.54, 1.807) is 11.8 Å². The summed E-state index contributed by atoms with van der Waals surface area (Å²) in [6, 6.07) is 5.70. The van der Waals surface area contributed by atoms with Crippen molar-refractivity contribution in [3.63, 3.8) is 0 Å². The van der Waals surface area contributed by atoms with E-state index in [0.717, 1.165) is 0 Å². The van der Waals surface area contributed by atoms with Gasteiger partial charge in [0.05, 0.1) is 0 Å². The van der Waals surface area contributed by atoms with Gasteiger partial charge in [-0.3, -0.25) is 4.79 Å². The second-order valence-corrected chi connectivity index (χ2v) is 5.66. The summed E-state index contributed by atoms with van der Waals surface area (Å²) in [5, 5.41) is 3.77. The topological polar surface area (TPSA) is 67.9 Å².